The molecule has 5 nitrogen and oxygen atoms in total. The van der Waals surface area contributed by atoms with Crippen LogP contribution >= 0.6 is 0 Å². The third-order valence-corrected chi connectivity index (χ3v) is 7.79. The molecule has 0 spiro atoms. The fraction of sp³-hybridized carbons (Fsp3) is 0.111. The lowest BCUT2D eigenvalue weighted by molar-refractivity contribution is -0.153. The number of carbonyl (C=O) groups excluding carboxylic acids is 1. The number of carbonyl (C=O) groups is 2. The number of carboxylic acid groups (broad SMARTS) is 1. The summed E-state index contributed by atoms with van der Waals surface area (Å²) in [6.45, 7) is 0.119. The van der Waals surface area contributed by atoms with Gasteiger partial charge in [0.15, 0.2) is 5.54 Å². The number of para-hydroxylation sites is 2. The third kappa shape index (κ3) is 4.76. The van der Waals surface area contributed by atoms with Crippen molar-refractivity contribution in [1.29, 1.82) is 0 Å². The highest BCUT2D eigenvalue weighted by atomic mass is 16.5. The molecule has 1 aliphatic rings. The normalized spacial score (nSPS) is 13.5. The fourth-order valence-electron chi connectivity index (χ4n) is 5.94. The summed E-state index contributed by atoms with van der Waals surface area (Å²) in [6.07, 6.45) is -0.397. The van der Waals surface area contributed by atoms with Crippen LogP contribution in [0.2, 0.25) is 0 Å². The first-order chi connectivity index (χ1) is 20.1. The summed E-state index contributed by atoms with van der Waals surface area (Å²) < 4.78 is 5.96. The van der Waals surface area contributed by atoms with E-state index in [-0.39, 0.29) is 12.5 Å². The number of anilines is 2. The number of esters is 1. The van der Waals surface area contributed by atoms with Gasteiger partial charge in [-0.05, 0) is 52.1 Å². The van der Waals surface area contributed by atoms with Gasteiger partial charge in [-0.15, -0.1) is 0 Å². The van der Waals surface area contributed by atoms with Gasteiger partial charge in [0.2, 0.25) is 0 Å². The Morgan fingerprint density at radius 3 is 1.56 bits per heavy atom. The summed E-state index contributed by atoms with van der Waals surface area (Å²) in [7, 11) is 0. The van der Waals surface area contributed by atoms with E-state index in [0.717, 1.165) is 22.3 Å². The van der Waals surface area contributed by atoms with E-state index >= 15 is 0 Å². The Balaban J connectivity index is 1.39. The van der Waals surface area contributed by atoms with E-state index < -0.39 is 23.9 Å². The summed E-state index contributed by atoms with van der Waals surface area (Å²) in [4.78, 5) is 29.0. The Morgan fingerprint density at radius 2 is 1.07 bits per heavy atom. The first-order valence-electron chi connectivity index (χ1n) is 13.6. The molecule has 0 fully saturated rings. The number of carboxylic acids is 1. The maximum atomic E-state index is 13.8. The Labute approximate surface area is 239 Å². The summed E-state index contributed by atoms with van der Waals surface area (Å²) in [5, 5.41) is 11.0. The van der Waals surface area contributed by atoms with Crippen molar-refractivity contribution < 1.29 is 19.4 Å². The van der Waals surface area contributed by atoms with E-state index in [0.29, 0.717) is 16.9 Å². The van der Waals surface area contributed by atoms with E-state index in [2.05, 4.69) is 24.3 Å². The lowest BCUT2D eigenvalue weighted by Crippen LogP contribution is -2.51. The molecule has 5 aromatic rings. The van der Waals surface area contributed by atoms with E-state index in [4.69, 9.17) is 4.74 Å². The minimum absolute atomic E-state index is 0.119. The predicted octanol–water partition coefficient (Wildman–Crippen LogP) is 7.55. The number of ether oxygens (including phenoxy) is 1. The molecule has 6 rings (SSSR count). The smallest absolute Gasteiger partial charge is 0.335 e. The molecule has 0 saturated carbocycles. The molecule has 1 atom stereocenters. The molecule has 0 aromatic heterocycles. The average molecular weight is 540 g/mol. The largest absolute Gasteiger partial charge is 0.479 e. The summed E-state index contributed by atoms with van der Waals surface area (Å²) in [6, 6.07) is 43.8. The van der Waals surface area contributed by atoms with Gasteiger partial charge in [0, 0.05) is 17.3 Å². The second kappa shape index (κ2) is 11.1. The quantitative estimate of drug-likeness (QED) is 0.196. The number of hydrogen-bond donors (Lipinski definition) is 1. The highest BCUT2D eigenvalue weighted by Crippen LogP contribution is 2.46. The first kappa shape index (κ1) is 26.1. The van der Waals surface area contributed by atoms with Crippen LogP contribution in [0.25, 0.3) is 11.1 Å². The lowest BCUT2D eigenvalue weighted by atomic mass is 9.83. The van der Waals surface area contributed by atoms with Crippen molar-refractivity contribution in [3.8, 4) is 11.1 Å². The predicted molar refractivity (Wildman–Crippen MR) is 160 cm³/mol. The Hall–Kier alpha value is -5.16. The molecule has 0 amide bonds. The Morgan fingerprint density at radius 1 is 0.634 bits per heavy atom. The average Bonchev–Trinajstić information content (AvgIpc) is 3.34. The van der Waals surface area contributed by atoms with Crippen LogP contribution < -0.4 is 4.90 Å². The lowest BCUT2D eigenvalue weighted by Gasteiger charge is -2.42. The summed E-state index contributed by atoms with van der Waals surface area (Å²) >= 11 is 0. The second-order valence-corrected chi connectivity index (χ2v) is 10.1. The molecule has 202 valence electrons. The molecule has 41 heavy (non-hydrogen) atoms. The van der Waals surface area contributed by atoms with Crippen molar-refractivity contribution in [3.63, 3.8) is 0 Å². The van der Waals surface area contributed by atoms with Gasteiger partial charge in [0.1, 0.15) is 6.61 Å². The minimum Gasteiger partial charge on any atom is -0.479 e. The van der Waals surface area contributed by atoms with Gasteiger partial charge in [0.25, 0.3) is 0 Å². The molecule has 0 bridgehead atoms. The van der Waals surface area contributed by atoms with Gasteiger partial charge >= 0.3 is 11.9 Å². The SMILES string of the molecule is O=C(C[C@](C(=O)O)(c1ccccc1)N(c1ccccc1)c1ccccc1)OCC1c2ccccc2-c2ccccc21. The molecular formula is C36H29NO4. The van der Waals surface area contributed by atoms with Crippen molar-refractivity contribution in [2.24, 2.45) is 0 Å². The van der Waals surface area contributed by atoms with Crippen LogP contribution in [0.1, 0.15) is 29.0 Å². The molecule has 5 aromatic carbocycles. The van der Waals surface area contributed by atoms with Crippen LogP contribution in [0.15, 0.2) is 140 Å². The van der Waals surface area contributed by atoms with Crippen LogP contribution in [-0.4, -0.2) is 23.7 Å². The molecule has 0 heterocycles. The standard InChI is InChI=1S/C36H29NO4/c38-34(41-25-33-31-22-12-10-20-29(31)30-21-11-13-23-32(30)33)24-36(35(39)40,26-14-4-1-5-15-26)37(27-16-6-2-7-17-27)28-18-8-3-9-19-28/h1-23,33H,24-25H2,(H,39,40)/t36-/m1/s1. The highest BCUT2D eigenvalue weighted by molar-refractivity contribution is 5.93. The molecule has 0 saturated heterocycles. The Bertz CT molecular complexity index is 1590. The van der Waals surface area contributed by atoms with Crippen LogP contribution in [0.4, 0.5) is 11.4 Å². The van der Waals surface area contributed by atoms with Gasteiger partial charge in [-0.25, -0.2) is 4.79 Å². The van der Waals surface area contributed by atoms with Crippen molar-refractivity contribution >= 4 is 23.3 Å². The maximum Gasteiger partial charge on any atom is 0.335 e. The van der Waals surface area contributed by atoms with E-state index in [1.54, 1.807) is 29.2 Å². The number of fused-ring (bicyclic) bond motifs is 3. The highest BCUT2D eigenvalue weighted by Gasteiger charge is 2.49. The number of nitrogens with zero attached hydrogens (tertiary/aromatic N) is 1. The first-order valence-corrected chi connectivity index (χ1v) is 13.6. The number of aliphatic carboxylic acids is 1. The molecule has 0 unspecified atom stereocenters. The van der Waals surface area contributed by atoms with Gasteiger partial charge in [0.05, 0.1) is 6.42 Å². The third-order valence-electron chi connectivity index (χ3n) is 7.79. The molecule has 0 radical (unpaired) electrons. The zero-order valence-corrected chi connectivity index (χ0v) is 22.4. The zero-order chi connectivity index (χ0) is 28.2. The molecule has 1 aliphatic carbocycles. The van der Waals surface area contributed by atoms with Crippen molar-refractivity contribution in [3.05, 3.63) is 156 Å². The van der Waals surface area contributed by atoms with Gasteiger partial charge < -0.3 is 14.7 Å². The minimum atomic E-state index is -1.77. The van der Waals surface area contributed by atoms with E-state index in [1.165, 1.54) is 0 Å². The number of hydrogen-bond acceptors (Lipinski definition) is 4. The topological polar surface area (TPSA) is 66.8 Å². The van der Waals surface area contributed by atoms with Crippen LogP contribution in [0.3, 0.4) is 0 Å². The van der Waals surface area contributed by atoms with Crippen LogP contribution in [-0.2, 0) is 19.9 Å². The summed E-state index contributed by atoms with van der Waals surface area (Å²) in [5.74, 6) is -1.86. The Kier molecular flexibility index (Phi) is 7.09. The van der Waals surface area contributed by atoms with Gasteiger partial charge in [-0.2, -0.15) is 0 Å². The monoisotopic (exact) mass is 539 g/mol. The summed E-state index contributed by atoms with van der Waals surface area (Å²) in [5.41, 5.74) is 4.47. The zero-order valence-electron chi connectivity index (χ0n) is 22.4. The van der Waals surface area contributed by atoms with Gasteiger partial charge in [-0.3, -0.25) is 4.79 Å². The molecular weight excluding hydrogens is 510 g/mol. The van der Waals surface area contributed by atoms with Crippen molar-refractivity contribution in [1.82, 2.24) is 0 Å². The van der Waals surface area contributed by atoms with Crippen molar-refractivity contribution in [2.75, 3.05) is 11.5 Å². The maximum absolute atomic E-state index is 13.8. The number of rotatable bonds is 9. The molecule has 1 N–H and O–H groups in total. The molecule has 5 heteroatoms. The van der Waals surface area contributed by atoms with Crippen molar-refractivity contribution in [2.45, 2.75) is 17.9 Å². The molecule has 0 aliphatic heterocycles. The van der Waals surface area contributed by atoms with E-state index in [9.17, 15) is 14.7 Å². The fourth-order valence-corrected chi connectivity index (χ4v) is 5.94. The van der Waals surface area contributed by atoms with Crippen LogP contribution in [0.5, 0.6) is 0 Å². The van der Waals surface area contributed by atoms with E-state index in [1.807, 2.05) is 91.0 Å². The van der Waals surface area contributed by atoms with Gasteiger partial charge in [-0.1, -0.05) is 115 Å². The second-order valence-electron chi connectivity index (χ2n) is 10.1. The van der Waals surface area contributed by atoms with Crippen LogP contribution in [0, 0.1) is 0 Å². The number of benzene rings is 5.